The maximum Gasteiger partial charge on any atom is 0.307 e. The van der Waals surface area contributed by atoms with Gasteiger partial charge in [0.1, 0.15) is 4.21 Å². The third-order valence-corrected chi connectivity index (χ3v) is 7.91. The van der Waals surface area contributed by atoms with Gasteiger partial charge in [-0.05, 0) is 35.8 Å². The Kier molecular flexibility index (Phi) is 7.57. The largest absolute Gasteiger partial charge is 0.457 e. The fraction of sp³-hybridized carbons (Fsp3) is 0.429. The summed E-state index contributed by atoms with van der Waals surface area (Å²) in [5.41, 5.74) is 1.77. The normalized spacial score (nSPS) is 15.2. The second-order valence-corrected chi connectivity index (χ2v) is 10.1. The molecule has 1 aliphatic rings. The van der Waals surface area contributed by atoms with E-state index < -0.39 is 16.0 Å². The van der Waals surface area contributed by atoms with Crippen molar-refractivity contribution in [2.24, 2.45) is 0 Å². The molecule has 0 unspecified atom stereocenters. The topological polar surface area (TPSA) is 89.5 Å². The fourth-order valence-corrected chi connectivity index (χ4v) is 5.52. The second-order valence-electron chi connectivity index (χ2n) is 7.12. The van der Waals surface area contributed by atoms with Crippen molar-refractivity contribution < 1.29 is 22.7 Å². The standard InChI is InChI=1S/C21H25NO5S2/c23-19(18-10-8-17(9-11-18)16-5-2-1-3-6-16)15-27-20(24)12-13-22-29(25,26)21-7-4-14-28-21/h4,7-11,14,16,22H,1-3,5-6,12-13,15H2. The number of carbonyl (C=O) groups is 2. The molecule has 8 heteroatoms. The Bertz CT molecular complexity index is 914. The Morgan fingerprint density at radius 3 is 2.45 bits per heavy atom. The highest BCUT2D eigenvalue weighted by molar-refractivity contribution is 7.91. The van der Waals surface area contributed by atoms with Crippen LogP contribution in [0.25, 0.3) is 0 Å². The lowest BCUT2D eigenvalue weighted by atomic mass is 9.84. The third kappa shape index (κ3) is 6.22. The van der Waals surface area contributed by atoms with Crippen molar-refractivity contribution >= 4 is 33.1 Å². The Labute approximate surface area is 175 Å². The Hall–Kier alpha value is -2.03. The molecule has 1 fully saturated rings. The maximum absolute atomic E-state index is 12.2. The molecular formula is C21H25NO5S2. The molecule has 0 bridgehead atoms. The molecule has 6 nitrogen and oxygen atoms in total. The minimum absolute atomic E-state index is 0.0800. The van der Waals surface area contributed by atoms with Crippen LogP contribution in [0.3, 0.4) is 0 Å². The summed E-state index contributed by atoms with van der Waals surface area (Å²) < 4.78 is 31.4. The van der Waals surface area contributed by atoms with Gasteiger partial charge in [0.25, 0.3) is 0 Å². The molecule has 1 heterocycles. The van der Waals surface area contributed by atoms with Crippen LogP contribution >= 0.6 is 11.3 Å². The summed E-state index contributed by atoms with van der Waals surface area (Å²) in [4.78, 5) is 24.0. The number of nitrogens with one attached hydrogen (secondary N) is 1. The van der Waals surface area contributed by atoms with Gasteiger partial charge in [-0.15, -0.1) is 11.3 Å². The average molecular weight is 436 g/mol. The van der Waals surface area contributed by atoms with Crippen LogP contribution in [0.4, 0.5) is 0 Å². The Morgan fingerprint density at radius 2 is 1.79 bits per heavy atom. The van der Waals surface area contributed by atoms with Crippen LogP contribution in [0.2, 0.25) is 0 Å². The van der Waals surface area contributed by atoms with Gasteiger partial charge in [0.2, 0.25) is 10.0 Å². The third-order valence-electron chi connectivity index (χ3n) is 5.05. The monoisotopic (exact) mass is 435 g/mol. The molecule has 29 heavy (non-hydrogen) atoms. The molecule has 0 saturated heterocycles. The Morgan fingerprint density at radius 1 is 1.07 bits per heavy atom. The number of ketones is 1. The van der Waals surface area contributed by atoms with Crippen LogP contribution in [0.15, 0.2) is 46.0 Å². The lowest BCUT2D eigenvalue weighted by molar-refractivity contribution is -0.142. The van der Waals surface area contributed by atoms with E-state index in [1.54, 1.807) is 23.6 Å². The molecular weight excluding hydrogens is 410 g/mol. The van der Waals surface area contributed by atoms with Gasteiger partial charge in [-0.25, -0.2) is 13.1 Å². The molecule has 0 atom stereocenters. The van der Waals surface area contributed by atoms with Gasteiger partial charge < -0.3 is 4.74 Å². The van der Waals surface area contributed by atoms with E-state index in [0.717, 1.165) is 11.3 Å². The van der Waals surface area contributed by atoms with Gasteiger partial charge in [-0.1, -0.05) is 49.6 Å². The molecule has 0 aliphatic heterocycles. The van der Waals surface area contributed by atoms with Crippen LogP contribution in [-0.2, 0) is 19.6 Å². The van der Waals surface area contributed by atoms with Crippen molar-refractivity contribution in [2.75, 3.05) is 13.2 Å². The maximum atomic E-state index is 12.2. The molecule has 1 N–H and O–H groups in total. The molecule has 0 spiro atoms. The Balaban J connectivity index is 1.41. The first-order chi connectivity index (χ1) is 14.0. The van der Waals surface area contributed by atoms with Gasteiger partial charge >= 0.3 is 5.97 Å². The first kappa shape index (κ1) is 21.7. The molecule has 1 saturated carbocycles. The summed E-state index contributed by atoms with van der Waals surface area (Å²) in [6.07, 6.45) is 6.06. The number of carbonyl (C=O) groups excluding carboxylic acids is 2. The van der Waals surface area contributed by atoms with E-state index in [1.165, 1.54) is 43.7 Å². The van der Waals surface area contributed by atoms with E-state index in [9.17, 15) is 18.0 Å². The molecule has 1 aliphatic carbocycles. The lowest BCUT2D eigenvalue weighted by Crippen LogP contribution is -2.26. The number of thiophene rings is 1. The predicted octanol–water partition coefficient (Wildman–Crippen LogP) is 3.89. The fourth-order valence-electron chi connectivity index (χ4n) is 3.45. The smallest absolute Gasteiger partial charge is 0.307 e. The van der Waals surface area contributed by atoms with Crippen LogP contribution < -0.4 is 4.72 Å². The van der Waals surface area contributed by atoms with Crippen LogP contribution in [0.1, 0.15) is 60.4 Å². The average Bonchev–Trinajstić information content (AvgIpc) is 3.29. The number of Topliss-reactive ketones (excluding diaryl/α,β-unsaturated/α-hetero) is 1. The van der Waals surface area contributed by atoms with E-state index in [2.05, 4.69) is 4.72 Å². The molecule has 1 aromatic carbocycles. The predicted molar refractivity (Wildman–Crippen MR) is 112 cm³/mol. The number of rotatable bonds is 9. The minimum Gasteiger partial charge on any atom is -0.457 e. The number of benzene rings is 1. The summed E-state index contributed by atoms with van der Waals surface area (Å²) in [7, 11) is -3.61. The minimum atomic E-state index is -3.61. The van der Waals surface area contributed by atoms with E-state index >= 15 is 0 Å². The SMILES string of the molecule is O=C(CCNS(=O)(=O)c1cccs1)OCC(=O)c1ccc(C2CCCCC2)cc1. The summed E-state index contributed by atoms with van der Waals surface area (Å²) in [5, 5.41) is 1.66. The van der Waals surface area contributed by atoms with Crippen molar-refractivity contribution in [2.45, 2.75) is 48.7 Å². The number of ether oxygens (including phenoxy) is 1. The highest BCUT2D eigenvalue weighted by Crippen LogP contribution is 2.32. The van der Waals surface area contributed by atoms with Gasteiger partial charge in [0, 0.05) is 12.1 Å². The van der Waals surface area contributed by atoms with Crippen molar-refractivity contribution in [3.05, 3.63) is 52.9 Å². The highest BCUT2D eigenvalue weighted by atomic mass is 32.2. The van der Waals surface area contributed by atoms with E-state index in [0.29, 0.717) is 11.5 Å². The van der Waals surface area contributed by atoms with Gasteiger partial charge in [-0.3, -0.25) is 9.59 Å². The van der Waals surface area contributed by atoms with Crippen LogP contribution in [-0.4, -0.2) is 33.3 Å². The molecule has 3 rings (SSSR count). The summed E-state index contributed by atoms with van der Waals surface area (Å²) in [6.45, 7) is -0.428. The van der Waals surface area contributed by atoms with Gasteiger partial charge in [-0.2, -0.15) is 0 Å². The number of esters is 1. The van der Waals surface area contributed by atoms with E-state index in [1.807, 2.05) is 12.1 Å². The van der Waals surface area contributed by atoms with E-state index in [-0.39, 0.29) is 29.6 Å². The molecule has 156 valence electrons. The van der Waals surface area contributed by atoms with E-state index in [4.69, 9.17) is 4.74 Å². The first-order valence-corrected chi connectivity index (χ1v) is 12.1. The van der Waals surface area contributed by atoms with Gasteiger partial charge in [0.15, 0.2) is 12.4 Å². The lowest BCUT2D eigenvalue weighted by Gasteiger charge is -2.22. The zero-order valence-electron chi connectivity index (χ0n) is 16.1. The molecule has 0 amide bonds. The second kappa shape index (κ2) is 10.1. The number of hydrogen-bond donors (Lipinski definition) is 1. The van der Waals surface area contributed by atoms with Gasteiger partial charge in [0.05, 0.1) is 6.42 Å². The van der Waals surface area contributed by atoms with Crippen LogP contribution in [0.5, 0.6) is 0 Å². The number of hydrogen-bond acceptors (Lipinski definition) is 6. The highest BCUT2D eigenvalue weighted by Gasteiger charge is 2.17. The first-order valence-electron chi connectivity index (χ1n) is 9.77. The number of sulfonamides is 1. The van der Waals surface area contributed by atoms with Crippen molar-refractivity contribution in [3.63, 3.8) is 0 Å². The summed E-state index contributed by atoms with van der Waals surface area (Å²) in [6, 6.07) is 10.7. The summed E-state index contributed by atoms with van der Waals surface area (Å²) in [5.74, 6) is -0.317. The molecule has 2 aromatic rings. The van der Waals surface area contributed by atoms with Crippen molar-refractivity contribution in [3.8, 4) is 0 Å². The van der Waals surface area contributed by atoms with Crippen LogP contribution in [0, 0.1) is 0 Å². The molecule has 1 aromatic heterocycles. The van der Waals surface area contributed by atoms with Crippen molar-refractivity contribution in [1.82, 2.24) is 4.72 Å². The zero-order chi connectivity index (χ0) is 20.7. The summed E-state index contributed by atoms with van der Waals surface area (Å²) >= 11 is 1.10. The van der Waals surface area contributed by atoms with Crippen molar-refractivity contribution in [1.29, 1.82) is 0 Å². The quantitative estimate of drug-likeness (QED) is 0.477. The molecule has 0 radical (unpaired) electrons. The zero-order valence-corrected chi connectivity index (χ0v) is 17.8.